The summed E-state index contributed by atoms with van der Waals surface area (Å²) in [6.07, 6.45) is 1.84. The molecule has 1 aliphatic heterocycles. The van der Waals surface area contributed by atoms with E-state index >= 15 is 0 Å². The van der Waals surface area contributed by atoms with Gasteiger partial charge < -0.3 is 15.1 Å². The number of carbonyl (C=O) groups is 1. The fraction of sp³-hybridized carbons (Fsp3) is 0.722. The molecule has 0 radical (unpaired) electrons. The Morgan fingerprint density at radius 1 is 1.48 bits per heavy atom. The first-order valence-corrected chi connectivity index (χ1v) is 9.87. The number of nitrogens with zero attached hydrogens (tertiary/aromatic N) is 4. The number of guanidine groups is 1. The summed E-state index contributed by atoms with van der Waals surface area (Å²) in [4.78, 5) is 25.6. The Balaban J connectivity index is 1.95. The second kappa shape index (κ2) is 8.17. The molecule has 1 aliphatic rings. The van der Waals surface area contributed by atoms with Crippen LogP contribution in [-0.4, -0.2) is 64.9 Å². The molecular formula is C18H31N5OS. The van der Waals surface area contributed by atoms with Crippen molar-refractivity contribution < 1.29 is 4.79 Å². The van der Waals surface area contributed by atoms with Gasteiger partial charge in [-0.3, -0.25) is 9.79 Å². The smallest absolute Gasteiger partial charge is 0.242 e. The van der Waals surface area contributed by atoms with E-state index in [9.17, 15) is 4.79 Å². The van der Waals surface area contributed by atoms with Crippen LogP contribution in [0, 0.1) is 0 Å². The van der Waals surface area contributed by atoms with Gasteiger partial charge in [-0.2, -0.15) is 0 Å². The molecule has 7 heteroatoms. The Morgan fingerprint density at radius 3 is 2.72 bits per heavy atom. The van der Waals surface area contributed by atoms with E-state index in [4.69, 9.17) is 0 Å². The summed E-state index contributed by atoms with van der Waals surface area (Å²) in [6, 6.07) is 0.206. The number of amides is 1. The molecule has 0 aliphatic carbocycles. The molecule has 140 valence electrons. The number of nitrogens with one attached hydrogen (secondary N) is 1. The Hall–Kier alpha value is -1.63. The highest BCUT2D eigenvalue weighted by atomic mass is 32.1. The first-order valence-electron chi connectivity index (χ1n) is 8.99. The second-order valence-electron chi connectivity index (χ2n) is 7.34. The van der Waals surface area contributed by atoms with Gasteiger partial charge in [-0.05, 0) is 34.1 Å². The van der Waals surface area contributed by atoms with Crippen molar-refractivity contribution in [1.82, 2.24) is 20.1 Å². The van der Waals surface area contributed by atoms with Crippen LogP contribution in [0.2, 0.25) is 0 Å². The van der Waals surface area contributed by atoms with Crippen molar-refractivity contribution in [2.24, 2.45) is 4.99 Å². The van der Waals surface area contributed by atoms with Crippen LogP contribution in [0.25, 0.3) is 0 Å². The third-order valence-electron chi connectivity index (χ3n) is 4.42. The normalized spacial score (nSPS) is 18.2. The summed E-state index contributed by atoms with van der Waals surface area (Å²) < 4.78 is 0. The minimum Gasteiger partial charge on any atom is -0.356 e. The number of thiazole rings is 1. The van der Waals surface area contributed by atoms with Crippen LogP contribution in [0.3, 0.4) is 0 Å². The maximum atomic E-state index is 12.6. The number of piperazine rings is 1. The Bertz CT molecular complexity index is 623. The van der Waals surface area contributed by atoms with E-state index in [0.717, 1.165) is 37.6 Å². The zero-order valence-electron chi connectivity index (χ0n) is 16.3. The largest absolute Gasteiger partial charge is 0.356 e. The maximum absolute atomic E-state index is 12.6. The Labute approximate surface area is 155 Å². The highest BCUT2D eigenvalue weighted by Crippen LogP contribution is 2.24. The number of aromatic nitrogens is 1. The van der Waals surface area contributed by atoms with Crippen molar-refractivity contribution in [2.45, 2.75) is 59.0 Å². The number of hydrogen-bond acceptors (Lipinski definition) is 4. The lowest BCUT2D eigenvalue weighted by molar-refractivity contribution is -0.145. The number of hydrogen-bond donors (Lipinski definition) is 1. The van der Waals surface area contributed by atoms with Crippen molar-refractivity contribution in [3.05, 3.63) is 16.1 Å². The molecule has 0 unspecified atom stereocenters. The van der Waals surface area contributed by atoms with E-state index < -0.39 is 0 Å². The molecule has 25 heavy (non-hydrogen) atoms. The van der Waals surface area contributed by atoms with Crippen molar-refractivity contribution >= 4 is 23.2 Å². The van der Waals surface area contributed by atoms with Gasteiger partial charge in [0.15, 0.2) is 5.96 Å². The maximum Gasteiger partial charge on any atom is 0.242 e. The van der Waals surface area contributed by atoms with E-state index in [0.29, 0.717) is 6.54 Å². The van der Waals surface area contributed by atoms with Crippen LogP contribution in [0.4, 0.5) is 0 Å². The van der Waals surface area contributed by atoms with Crippen LogP contribution >= 0.6 is 11.3 Å². The summed E-state index contributed by atoms with van der Waals surface area (Å²) in [7, 11) is 1.77. The summed E-state index contributed by atoms with van der Waals surface area (Å²) >= 11 is 1.72. The van der Waals surface area contributed by atoms with E-state index in [2.05, 4.69) is 60.2 Å². The Morgan fingerprint density at radius 2 is 2.20 bits per heavy atom. The highest BCUT2D eigenvalue weighted by molar-refractivity contribution is 7.09. The molecule has 0 saturated carbocycles. The molecule has 2 heterocycles. The van der Waals surface area contributed by atoms with Crippen LogP contribution < -0.4 is 5.32 Å². The van der Waals surface area contributed by atoms with Crippen LogP contribution in [-0.2, 0) is 17.6 Å². The molecule has 0 spiro atoms. The molecule has 0 aromatic carbocycles. The molecule has 1 amide bonds. The van der Waals surface area contributed by atoms with Gasteiger partial charge in [-0.1, -0.05) is 6.92 Å². The number of rotatable bonds is 5. The standard InChI is InChI=1S/C18H31N5OS/c1-7-15-21-14(11-25-15)8-9-20-17(19-6)22-10-16(24)23(13(2)3)18(4,5)12-22/h11,13H,7-10,12H2,1-6H3,(H,19,20). The summed E-state index contributed by atoms with van der Waals surface area (Å²) in [5.41, 5.74) is 0.900. The van der Waals surface area contributed by atoms with Gasteiger partial charge in [0, 0.05) is 38.0 Å². The van der Waals surface area contributed by atoms with Crippen LogP contribution in [0.15, 0.2) is 10.4 Å². The van der Waals surface area contributed by atoms with Crippen molar-refractivity contribution in [1.29, 1.82) is 0 Å². The predicted molar refractivity (Wildman–Crippen MR) is 104 cm³/mol. The van der Waals surface area contributed by atoms with Gasteiger partial charge in [0.05, 0.1) is 22.8 Å². The average Bonchev–Trinajstić information content (AvgIpc) is 2.97. The third-order valence-corrected chi connectivity index (χ3v) is 5.46. The lowest BCUT2D eigenvalue weighted by Crippen LogP contribution is -2.66. The van der Waals surface area contributed by atoms with Crippen molar-refractivity contribution in [2.75, 3.05) is 26.7 Å². The van der Waals surface area contributed by atoms with Gasteiger partial charge in [-0.25, -0.2) is 4.98 Å². The van der Waals surface area contributed by atoms with Gasteiger partial charge in [0.25, 0.3) is 0 Å². The highest BCUT2D eigenvalue weighted by Gasteiger charge is 2.40. The molecule has 1 aromatic rings. The van der Waals surface area contributed by atoms with Crippen molar-refractivity contribution in [3.8, 4) is 0 Å². The molecule has 1 saturated heterocycles. The summed E-state index contributed by atoms with van der Waals surface area (Å²) in [6.45, 7) is 12.4. The fourth-order valence-corrected chi connectivity index (χ4v) is 4.35. The van der Waals surface area contributed by atoms with E-state index in [-0.39, 0.29) is 17.5 Å². The first kappa shape index (κ1) is 19.7. The monoisotopic (exact) mass is 365 g/mol. The molecule has 1 aromatic heterocycles. The zero-order chi connectivity index (χ0) is 18.6. The van der Waals surface area contributed by atoms with Gasteiger partial charge in [-0.15, -0.1) is 11.3 Å². The van der Waals surface area contributed by atoms with E-state index in [1.807, 2.05) is 4.90 Å². The minimum atomic E-state index is -0.216. The van der Waals surface area contributed by atoms with Crippen LogP contribution in [0.5, 0.6) is 0 Å². The van der Waals surface area contributed by atoms with Gasteiger partial charge in [0.1, 0.15) is 0 Å². The number of carbonyl (C=O) groups excluding carboxylic acids is 1. The second-order valence-corrected chi connectivity index (χ2v) is 8.28. The quantitative estimate of drug-likeness (QED) is 0.642. The first-order chi connectivity index (χ1) is 11.8. The van der Waals surface area contributed by atoms with Crippen LogP contribution in [0.1, 0.15) is 45.3 Å². The molecule has 1 N–H and O–H groups in total. The Kier molecular flexibility index (Phi) is 6.43. The zero-order valence-corrected chi connectivity index (χ0v) is 17.1. The third kappa shape index (κ3) is 4.71. The summed E-state index contributed by atoms with van der Waals surface area (Å²) in [5, 5.41) is 6.69. The number of aliphatic imine (C=N–C) groups is 1. The topological polar surface area (TPSA) is 60.8 Å². The SMILES string of the molecule is CCc1nc(CCNC(=NC)N2CC(=O)N(C(C)C)C(C)(C)C2)cs1. The van der Waals surface area contributed by atoms with E-state index in [1.54, 1.807) is 18.4 Å². The molecule has 2 rings (SSSR count). The minimum absolute atomic E-state index is 0.154. The lowest BCUT2D eigenvalue weighted by Gasteiger charge is -2.49. The predicted octanol–water partition coefficient (Wildman–Crippen LogP) is 2.15. The van der Waals surface area contributed by atoms with E-state index in [1.165, 1.54) is 5.01 Å². The fourth-order valence-electron chi connectivity index (χ4n) is 3.57. The number of aryl methyl sites for hydroxylation is 1. The molecule has 0 bridgehead atoms. The van der Waals surface area contributed by atoms with Gasteiger partial charge >= 0.3 is 0 Å². The lowest BCUT2D eigenvalue weighted by atomic mass is 9.96. The van der Waals surface area contributed by atoms with Gasteiger partial charge in [0.2, 0.25) is 5.91 Å². The summed E-state index contributed by atoms with van der Waals surface area (Å²) in [5.74, 6) is 0.942. The average molecular weight is 366 g/mol. The molecule has 0 atom stereocenters. The molecule has 6 nitrogen and oxygen atoms in total. The molecular weight excluding hydrogens is 334 g/mol. The van der Waals surface area contributed by atoms with Crippen molar-refractivity contribution in [3.63, 3.8) is 0 Å². The molecule has 1 fully saturated rings.